The first kappa shape index (κ1) is 22.3. The number of anilines is 1. The number of ether oxygens (including phenoxy) is 1. The minimum Gasteiger partial charge on any atom is -0.396 e. The summed E-state index contributed by atoms with van der Waals surface area (Å²) in [7, 11) is -1.07. The molecule has 1 unspecified atom stereocenters. The third kappa shape index (κ3) is 5.48. The molecule has 3 heterocycles. The van der Waals surface area contributed by atoms with E-state index in [0.29, 0.717) is 25.3 Å². The molecule has 4 rings (SSSR count). The number of aliphatic hydroxyl groups is 1. The molecular formula is C23H37N5O2Si. The second-order valence-electron chi connectivity index (χ2n) is 10.2. The van der Waals surface area contributed by atoms with Gasteiger partial charge in [-0.2, -0.15) is 5.10 Å². The molecule has 0 bridgehead atoms. The van der Waals surface area contributed by atoms with Gasteiger partial charge >= 0.3 is 0 Å². The molecule has 1 fully saturated rings. The second-order valence-corrected chi connectivity index (χ2v) is 15.8. The predicted molar refractivity (Wildman–Crippen MR) is 127 cm³/mol. The molecule has 1 saturated carbocycles. The van der Waals surface area contributed by atoms with Crippen LogP contribution in [0.4, 0.5) is 5.82 Å². The molecule has 170 valence electrons. The van der Waals surface area contributed by atoms with Gasteiger partial charge in [-0.15, -0.1) is 0 Å². The van der Waals surface area contributed by atoms with Crippen LogP contribution in [0.2, 0.25) is 25.7 Å². The Hall–Kier alpha value is -1.90. The number of nitrogens with one attached hydrogen (secondary N) is 1. The molecule has 2 aromatic heterocycles. The molecule has 0 spiro atoms. The molecule has 2 N–H and O–H groups in total. The van der Waals surface area contributed by atoms with Crippen molar-refractivity contribution in [2.24, 2.45) is 10.9 Å². The molecule has 1 aliphatic carbocycles. The Kier molecular flexibility index (Phi) is 6.98. The zero-order chi connectivity index (χ0) is 21.8. The SMILES string of the molecule is C[Si](C)(C)CCOCn1ccc2c1NC=NC2c1cnn([C@H]2CC[C@@H](CCO)CC2)c1. The van der Waals surface area contributed by atoms with Gasteiger partial charge in [0.25, 0.3) is 0 Å². The van der Waals surface area contributed by atoms with Crippen LogP contribution in [0, 0.1) is 5.92 Å². The summed E-state index contributed by atoms with van der Waals surface area (Å²) < 4.78 is 10.2. The average Bonchev–Trinajstić information content (AvgIpc) is 3.39. The lowest BCUT2D eigenvalue weighted by Crippen LogP contribution is -2.22. The lowest BCUT2D eigenvalue weighted by molar-refractivity contribution is 0.0888. The van der Waals surface area contributed by atoms with E-state index in [2.05, 4.69) is 52.7 Å². The van der Waals surface area contributed by atoms with E-state index in [1.165, 1.54) is 24.4 Å². The summed E-state index contributed by atoms with van der Waals surface area (Å²) in [6, 6.07) is 3.75. The standard InChI is InChI=1S/C23H37N5O2Si/c1-31(2,3)13-12-30-17-27-10-8-21-22(24-16-25-23(21)27)19-14-26-28(15-19)20-6-4-18(5-7-20)9-11-29/h8,10,14-16,18,20,22,29H,4-7,9,11-13,17H2,1-3H3,(H,24,25)/t18-,20+,22?. The molecule has 0 amide bonds. The van der Waals surface area contributed by atoms with Crippen molar-refractivity contribution in [1.82, 2.24) is 14.3 Å². The quantitative estimate of drug-likeness (QED) is 0.437. The maximum Gasteiger partial charge on any atom is 0.124 e. The van der Waals surface area contributed by atoms with Crippen molar-refractivity contribution in [2.45, 2.75) is 76.6 Å². The monoisotopic (exact) mass is 443 g/mol. The van der Waals surface area contributed by atoms with Gasteiger partial charge in [0.15, 0.2) is 0 Å². The zero-order valence-corrected chi connectivity index (χ0v) is 20.1. The Balaban J connectivity index is 1.39. The molecule has 2 aliphatic rings. The summed E-state index contributed by atoms with van der Waals surface area (Å²) in [6.45, 7) is 8.80. The molecular weight excluding hydrogens is 406 g/mol. The van der Waals surface area contributed by atoms with Crippen LogP contribution in [0.25, 0.3) is 0 Å². The van der Waals surface area contributed by atoms with Crippen molar-refractivity contribution in [3.05, 3.63) is 35.8 Å². The fraction of sp³-hybridized carbons (Fsp3) is 0.652. The van der Waals surface area contributed by atoms with Crippen LogP contribution >= 0.6 is 0 Å². The summed E-state index contributed by atoms with van der Waals surface area (Å²) in [6.07, 6.45) is 13.6. The van der Waals surface area contributed by atoms with Crippen LogP contribution in [0.1, 0.15) is 55.3 Å². The third-order valence-corrected chi connectivity index (χ3v) is 8.31. The van der Waals surface area contributed by atoms with Crippen molar-refractivity contribution in [3.8, 4) is 0 Å². The van der Waals surface area contributed by atoms with E-state index in [0.717, 1.165) is 37.3 Å². The van der Waals surface area contributed by atoms with Gasteiger partial charge in [0.05, 0.1) is 18.6 Å². The van der Waals surface area contributed by atoms with Crippen molar-refractivity contribution in [2.75, 3.05) is 18.5 Å². The Morgan fingerprint density at radius 3 is 2.77 bits per heavy atom. The van der Waals surface area contributed by atoms with Crippen LogP contribution < -0.4 is 5.32 Å². The first-order valence-corrected chi connectivity index (χ1v) is 15.3. The zero-order valence-electron chi connectivity index (χ0n) is 19.1. The van der Waals surface area contributed by atoms with Crippen LogP contribution in [0.15, 0.2) is 29.6 Å². The maximum atomic E-state index is 9.18. The van der Waals surface area contributed by atoms with Gasteiger partial charge in [-0.1, -0.05) is 19.6 Å². The highest BCUT2D eigenvalue weighted by molar-refractivity contribution is 6.76. The highest BCUT2D eigenvalue weighted by Gasteiger charge is 2.26. The molecule has 1 aliphatic heterocycles. The van der Waals surface area contributed by atoms with Crippen molar-refractivity contribution < 1.29 is 9.84 Å². The van der Waals surface area contributed by atoms with Crippen LogP contribution in [0.5, 0.6) is 0 Å². The van der Waals surface area contributed by atoms with E-state index in [9.17, 15) is 5.11 Å². The largest absolute Gasteiger partial charge is 0.396 e. The smallest absolute Gasteiger partial charge is 0.124 e. The van der Waals surface area contributed by atoms with Gasteiger partial charge in [-0.05, 0) is 50.1 Å². The Morgan fingerprint density at radius 2 is 2.03 bits per heavy atom. The summed E-state index contributed by atoms with van der Waals surface area (Å²) in [5, 5.41) is 17.2. The number of aromatic nitrogens is 3. The van der Waals surface area contributed by atoms with Gasteiger partial charge in [-0.25, -0.2) is 0 Å². The predicted octanol–water partition coefficient (Wildman–Crippen LogP) is 4.65. The number of aliphatic hydroxyl groups excluding tert-OH is 1. The maximum absolute atomic E-state index is 9.18. The van der Waals surface area contributed by atoms with Crippen LogP contribution in [-0.4, -0.2) is 47.1 Å². The van der Waals surface area contributed by atoms with Crippen LogP contribution in [0.3, 0.4) is 0 Å². The minimum absolute atomic E-state index is 0.0287. The first-order chi connectivity index (χ1) is 14.9. The Labute approximate surface area is 186 Å². The first-order valence-electron chi connectivity index (χ1n) is 11.6. The van der Waals surface area contributed by atoms with Gasteiger partial charge < -0.3 is 19.7 Å². The van der Waals surface area contributed by atoms with Crippen LogP contribution in [-0.2, 0) is 11.5 Å². The third-order valence-electron chi connectivity index (χ3n) is 6.61. The summed E-state index contributed by atoms with van der Waals surface area (Å²) in [4.78, 5) is 4.71. The molecule has 8 heteroatoms. The van der Waals surface area contributed by atoms with Crippen molar-refractivity contribution in [3.63, 3.8) is 0 Å². The lowest BCUT2D eigenvalue weighted by atomic mass is 9.84. The highest BCUT2D eigenvalue weighted by Crippen LogP contribution is 2.37. The average molecular weight is 444 g/mol. The lowest BCUT2D eigenvalue weighted by Gasteiger charge is -2.28. The van der Waals surface area contributed by atoms with E-state index in [1.54, 1.807) is 6.34 Å². The summed E-state index contributed by atoms with van der Waals surface area (Å²) in [5.74, 6) is 1.73. The Bertz CT molecular complexity index is 877. The van der Waals surface area contributed by atoms with Gasteiger partial charge in [0, 0.05) is 44.8 Å². The fourth-order valence-electron chi connectivity index (χ4n) is 4.62. The van der Waals surface area contributed by atoms with E-state index in [-0.39, 0.29) is 6.04 Å². The number of aliphatic imine (C=N–C) groups is 1. The van der Waals surface area contributed by atoms with Gasteiger partial charge in [0.2, 0.25) is 0 Å². The molecule has 0 saturated heterocycles. The van der Waals surface area contributed by atoms with Gasteiger partial charge in [-0.3, -0.25) is 9.67 Å². The topological polar surface area (TPSA) is 76.6 Å². The highest BCUT2D eigenvalue weighted by atomic mass is 28.3. The number of hydrogen-bond acceptors (Lipinski definition) is 5. The fourth-order valence-corrected chi connectivity index (χ4v) is 5.38. The molecule has 1 atom stereocenters. The summed E-state index contributed by atoms with van der Waals surface area (Å²) in [5.41, 5.74) is 2.30. The number of hydrogen-bond donors (Lipinski definition) is 2. The van der Waals surface area contributed by atoms with E-state index in [1.807, 2.05) is 6.20 Å². The van der Waals surface area contributed by atoms with Crippen molar-refractivity contribution >= 4 is 20.2 Å². The molecule has 0 radical (unpaired) electrons. The normalized spacial score (nSPS) is 23.5. The van der Waals surface area contributed by atoms with Gasteiger partial charge in [0.1, 0.15) is 18.6 Å². The number of rotatable bonds is 9. The Morgan fingerprint density at radius 1 is 1.23 bits per heavy atom. The number of nitrogens with zero attached hydrogens (tertiary/aromatic N) is 4. The van der Waals surface area contributed by atoms with Crippen molar-refractivity contribution in [1.29, 1.82) is 0 Å². The molecule has 2 aromatic rings. The second kappa shape index (κ2) is 9.71. The molecule has 31 heavy (non-hydrogen) atoms. The molecule has 0 aromatic carbocycles. The molecule has 7 nitrogen and oxygen atoms in total. The minimum atomic E-state index is -1.07. The van der Waals surface area contributed by atoms with E-state index >= 15 is 0 Å². The van der Waals surface area contributed by atoms with E-state index in [4.69, 9.17) is 14.8 Å². The number of fused-ring (bicyclic) bond motifs is 1. The van der Waals surface area contributed by atoms with E-state index < -0.39 is 8.07 Å². The summed E-state index contributed by atoms with van der Waals surface area (Å²) >= 11 is 0.